The lowest BCUT2D eigenvalue weighted by Gasteiger charge is -2.16. The summed E-state index contributed by atoms with van der Waals surface area (Å²) in [5.41, 5.74) is 0.197. The van der Waals surface area contributed by atoms with Crippen molar-refractivity contribution in [3.05, 3.63) is 71.4 Å². The first kappa shape index (κ1) is 24.8. The van der Waals surface area contributed by atoms with Crippen molar-refractivity contribution >= 4 is 37.2 Å². The smallest absolute Gasteiger partial charge is 0.451 e. The molecule has 0 aliphatic rings. The molecule has 1 N–H and O–H groups in total. The number of carbonyl (C=O) groups is 1. The van der Waals surface area contributed by atoms with Crippen LogP contribution in [0.1, 0.15) is 18.5 Å². The van der Waals surface area contributed by atoms with Crippen LogP contribution in [0, 0.1) is 0 Å². The lowest BCUT2D eigenvalue weighted by molar-refractivity contribution is -0.174. The second-order valence-electron chi connectivity index (χ2n) is 6.77. The Kier molecular flexibility index (Phi) is 6.65. The molecule has 13 heteroatoms. The predicted molar refractivity (Wildman–Crippen MR) is 110 cm³/mol. The van der Waals surface area contributed by atoms with E-state index in [1.165, 1.54) is 43.3 Å². The highest BCUT2D eigenvalue weighted by molar-refractivity contribution is 7.94. The zero-order valence-electron chi connectivity index (χ0n) is 16.6. The summed E-state index contributed by atoms with van der Waals surface area (Å²) in [6, 6.07) is 9.91. The van der Waals surface area contributed by atoms with Gasteiger partial charge < -0.3 is 9.73 Å². The van der Waals surface area contributed by atoms with Crippen LogP contribution in [-0.4, -0.2) is 28.9 Å². The van der Waals surface area contributed by atoms with Gasteiger partial charge in [0, 0.05) is 0 Å². The molecule has 33 heavy (non-hydrogen) atoms. The van der Waals surface area contributed by atoms with E-state index in [-0.39, 0.29) is 20.4 Å². The van der Waals surface area contributed by atoms with Gasteiger partial charge in [0.15, 0.2) is 0 Å². The van der Waals surface area contributed by atoms with Crippen molar-refractivity contribution in [3.8, 4) is 0 Å². The number of alkyl halides is 3. The summed E-state index contributed by atoms with van der Waals surface area (Å²) in [6.45, 7) is 1.29. The van der Waals surface area contributed by atoms with Crippen LogP contribution >= 0.6 is 11.6 Å². The summed E-state index contributed by atoms with van der Waals surface area (Å²) >= 11 is 5.95. The minimum absolute atomic E-state index is 0.128. The zero-order chi connectivity index (χ0) is 24.6. The van der Waals surface area contributed by atoms with Crippen molar-refractivity contribution in [2.75, 3.05) is 0 Å². The highest BCUT2D eigenvalue weighted by atomic mass is 35.5. The van der Waals surface area contributed by atoms with E-state index < -0.39 is 47.8 Å². The van der Waals surface area contributed by atoms with Gasteiger partial charge in [-0.05, 0) is 42.8 Å². The zero-order valence-corrected chi connectivity index (χ0v) is 19.0. The average Bonchev–Trinajstić information content (AvgIpc) is 3.25. The Bertz CT molecular complexity index is 1400. The number of rotatable bonds is 6. The van der Waals surface area contributed by atoms with Crippen LogP contribution in [0.5, 0.6) is 0 Å². The fourth-order valence-corrected chi connectivity index (χ4v) is 6.51. The summed E-state index contributed by atoms with van der Waals surface area (Å²) in [6.07, 6.45) is -4.16. The normalized spacial score (nSPS) is 13.5. The van der Waals surface area contributed by atoms with E-state index >= 15 is 0 Å². The fourth-order valence-electron chi connectivity index (χ4n) is 2.87. The van der Waals surface area contributed by atoms with Gasteiger partial charge in [0.1, 0.15) is 4.90 Å². The molecule has 0 aliphatic carbocycles. The maximum Gasteiger partial charge on any atom is 0.471 e. The van der Waals surface area contributed by atoms with Gasteiger partial charge in [0.25, 0.3) is 0 Å². The molecule has 7 nitrogen and oxygen atoms in total. The fraction of sp³-hybridized carbons (Fsp3) is 0.150. The third kappa shape index (κ3) is 4.92. The monoisotopic (exact) mass is 521 g/mol. The molecular weight excluding hydrogens is 507 g/mol. The standard InChI is InChI=1S/C20H15ClF3NO6S2/c1-12(25-19(26)20(22,23)24)13-6-8-14(9-7-13)32(27,28)17-10-11-31-18(17)33(29,30)16-5-3-2-4-15(16)21/h2-12H,1H3,(H,25,26)/t12-/m0/s1. The number of sulfone groups is 2. The number of hydrogen-bond donors (Lipinski definition) is 1. The Morgan fingerprint density at radius 1 is 0.939 bits per heavy atom. The number of carbonyl (C=O) groups excluding carboxylic acids is 1. The van der Waals surface area contributed by atoms with Gasteiger partial charge in [-0.1, -0.05) is 35.9 Å². The van der Waals surface area contributed by atoms with E-state index in [0.717, 1.165) is 24.5 Å². The number of nitrogens with one attached hydrogen (secondary N) is 1. The predicted octanol–water partition coefficient (Wildman–Crippen LogP) is 4.34. The molecule has 0 radical (unpaired) electrons. The van der Waals surface area contributed by atoms with Gasteiger partial charge in [-0.3, -0.25) is 4.79 Å². The first-order valence-corrected chi connectivity index (χ1v) is 12.4. The minimum Gasteiger partial charge on any atom is -0.451 e. The number of benzene rings is 2. The largest absolute Gasteiger partial charge is 0.471 e. The van der Waals surface area contributed by atoms with Crippen LogP contribution in [0.25, 0.3) is 0 Å². The summed E-state index contributed by atoms with van der Waals surface area (Å²) < 4.78 is 94.4. The van der Waals surface area contributed by atoms with Gasteiger partial charge >= 0.3 is 12.1 Å². The van der Waals surface area contributed by atoms with Crippen LogP contribution in [0.15, 0.2) is 85.1 Å². The van der Waals surface area contributed by atoms with Gasteiger partial charge in [-0.25, -0.2) is 16.8 Å². The quantitative estimate of drug-likeness (QED) is 0.516. The molecule has 0 spiro atoms. The van der Waals surface area contributed by atoms with Crippen LogP contribution in [0.3, 0.4) is 0 Å². The number of halogens is 4. The Labute approximate surface area is 192 Å². The molecule has 0 saturated carbocycles. The van der Waals surface area contributed by atoms with E-state index in [1.54, 1.807) is 5.32 Å². The van der Waals surface area contributed by atoms with Crippen LogP contribution < -0.4 is 5.32 Å². The van der Waals surface area contributed by atoms with Crippen molar-refractivity contribution in [3.63, 3.8) is 0 Å². The molecule has 3 aromatic rings. The highest BCUT2D eigenvalue weighted by Gasteiger charge is 2.39. The summed E-state index contributed by atoms with van der Waals surface area (Å²) in [4.78, 5) is 9.78. The third-order valence-electron chi connectivity index (χ3n) is 4.55. The highest BCUT2D eigenvalue weighted by Crippen LogP contribution is 2.34. The van der Waals surface area contributed by atoms with E-state index in [4.69, 9.17) is 16.0 Å². The Morgan fingerprint density at radius 2 is 1.55 bits per heavy atom. The molecule has 1 atom stereocenters. The average molecular weight is 522 g/mol. The number of furan rings is 1. The number of hydrogen-bond acceptors (Lipinski definition) is 6. The summed E-state index contributed by atoms with van der Waals surface area (Å²) in [7, 11) is -8.83. The maximum atomic E-state index is 13.1. The molecule has 0 bridgehead atoms. The first-order valence-electron chi connectivity index (χ1n) is 9.06. The first-order chi connectivity index (χ1) is 15.3. The van der Waals surface area contributed by atoms with Crippen molar-refractivity contribution in [2.45, 2.75) is 38.9 Å². The molecule has 0 saturated heterocycles. The Balaban J connectivity index is 1.95. The van der Waals surface area contributed by atoms with Crippen molar-refractivity contribution in [2.24, 2.45) is 0 Å². The van der Waals surface area contributed by atoms with Crippen LogP contribution in [-0.2, 0) is 24.5 Å². The van der Waals surface area contributed by atoms with Gasteiger partial charge in [-0.15, -0.1) is 0 Å². The molecular formula is C20H15ClF3NO6S2. The number of amides is 1. The summed E-state index contributed by atoms with van der Waals surface area (Å²) in [5.74, 6) is -2.14. The Morgan fingerprint density at radius 3 is 2.12 bits per heavy atom. The maximum absolute atomic E-state index is 13.1. The van der Waals surface area contributed by atoms with Crippen molar-refractivity contribution in [1.82, 2.24) is 5.32 Å². The van der Waals surface area contributed by atoms with Gasteiger partial charge in [-0.2, -0.15) is 13.2 Å². The lowest BCUT2D eigenvalue weighted by atomic mass is 10.1. The Hall–Kier alpha value is -2.83. The van der Waals surface area contributed by atoms with E-state index in [2.05, 4.69) is 0 Å². The molecule has 1 amide bonds. The molecule has 0 unspecified atom stereocenters. The molecule has 3 rings (SSSR count). The van der Waals surface area contributed by atoms with E-state index in [9.17, 15) is 34.8 Å². The minimum atomic E-state index is -5.07. The molecule has 1 aromatic heterocycles. The van der Waals surface area contributed by atoms with E-state index in [0.29, 0.717) is 0 Å². The molecule has 0 fully saturated rings. The molecule has 1 heterocycles. The second kappa shape index (κ2) is 8.84. The topological polar surface area (TPSA) is 111 Å². The van der Waals surface area contributed by atoms with Gasteiger partial charge in [0.05, 0.1) is 27.1 Å². The summed E-state index contributed by atoms with van der Waals surface area (Å²) in [5, 5.41) is 0.798. The van der Waals surface area contributed by atoms with Crippen molar-refractivity contribution in [1.29, 1.82) is 0 Å². The lowest BCUT2D eigenvalue weighted by Crippen LogP contribution is -2.38. The SMILES string of the molecule is C[C@H](NC(=O)C(F)(F)F)c1ccc(S(=O)(=O)c2ccoc2S(=O)(=O)c2ccccc2Cl)cc1. The molecule has 176 valence electrons. The third-order valence-corrected chi connectivity index (χ3v) is 8.65. The molecule has 0 aliphatic heterocycles. The van der Waals surface area contributed by atoms with E-state index in [1.807, 2.05) is 0 Å². The molecule has 2 aromatic carbocycles. The second-order valence-corrected chi connectivity index (χ2v) is 10.9. The van der Waals surface area contributed by atoms with Crippen LogP contribution in [0.4, 0.5) is 13.2 Å². The van der Waals surface area contributed by atoms with Crippen molar-refractivity contribution < 1.29 is 39.2 Å². The van der Waals surface area contributed by atoms with Crippen LogP contribution in [0.2, 0.25) is 5.02 Å². The van der Waals surface area contributed by atoms with Gasteiger partial charge in [0.2, 0.25) is 24.8 Å².